The van der Waals surface area contributed by atoms with Crippen molar-refractivity contribution < 1.29 is 4.39 Å². The molecule has 2 aromatic carbocycles. The Hall–Kier alpha value is -1.58. The Balaban J connectivity index is 1.51. The van der Waals surface area contributed by atoms with Gasteiger partial charge in [0.25, 0.3) is 0 Å². The average Bonchev–Trinajstić information content (AvgIpc) is 3.02. The summed E-state index contributed by atoms with van der Waals surface area (Å²) in [5.74, 6) is 0.434. The summed E-state index contributed by atoms with van der Waals surface area (Å²) in [6.45, 7) is 5.19. The molecule has 2 aromatic rings. The van der Waals surface area contributed by atoms with Crippen LogP contribution in [0.3, 0.4) is 0 Å². The second-order valence-electron chi connectivity index (χ2n) is 6.26. The van der Waals surface area contributed by atoms with Crippen molar-refractivity contribution in [3.63, 3.8) is 0 Å². The minimum Gasteiger partial charge on any atom is -0.371 e. The first kappa shape index (κ1) is 16.3. The SMILES string of the molecule is CC(NCC1CCN(c2ccc(F)cc2)C1)c1cccc(Cl)c1. The second kappa shape index (κ2) is 7.33. The zero-order valence-electron chi connectivity index (χ0n) is 13.3. The number of anilines is 1. The summed E-state index contributed by atoms with van der Waals surface area (Å²) in [6, 6.07) is 15.1. The lowest BCUT2D eigenvalue weighted by atomic mass is 10.1. The molecule has 2 unspecified atom stereocenters. The van der Waals surface area contributed by atoms with Crippen molar-refractivity contribution in [1.29, 1.82) is 0 Å². The molecule has 1 aliphatic heterocycles. The van der Waals surface area contributed by atoms with Gasteiger partial charge < -0.3 is 10.2 Å². The van der Waals surface area contributed by atoms with Gasteiger partial charge in [-0.15, -0.1) is 0 Å². The molecule has 1 aliphatic rings. The maximum Gasteiger partial charge on any atom is 0.123 e. The highest BCUT2D eigenvalue weighted by Crippen LogP contribution is 2.24. The van der Waals surface area contributed by atoms with Crippen LogP contribution < -0.4 is 10.2 Å². The Morgan fingerprint density at radius 3 is 2.78 bits per heavy atom. The lowest BCUT2D eigenvalue weighted by Gasteiger charge is -2.20. The number of rotatable bonds is 5. The Morgan fingerprint density at radius 1 is 1.26 bits per heavy atom. The molecule has 1 heterocycles. The highest BCUT2D eigenvalue weighted by Gasteiger charge is 2.23. The van der Waals surface area contributed by atoms with Crippen LogP contribution in [0.4, 0.5) is 10.1 Å². The highest BCUT2D eigenvalue weighted by molar-refractivity contribution is 6.30. The minimum atomic E-state index is -0.179. The predicted octanol–water partition coefficient (Wildman–Crippen LogP) is 4.66. The quantitative estimate of drug-likeness (QED) is 0.857. The molecule has 0 amide bonds. The topological polar surface area (TPSA) is 15.3 Å². The Morgan fingerprint density at radius 2 is 2.04 bits per heavy atom. The van der Waals surface area contributed by atoms with Crippen molar-refractivity contribution >= 4 is 17.3 Å². The van der Waals surface area contributed by atoms with Gasteiger partial charge in [0.15, 0.2) is 0 Å². The Kier molecular flexibility index (Phi) is 5.19. The van der Waals surface area contributed by atoms with Gasteiger partial charge in [-0.25, -0.2) is 4.39 Å². The molecule has 3 rings (SSSR count). The van der Waals surface area contributed by atoms with Crippen molar-refractivity contribution in [2.24, 2.45) is 5.92 Å². The average molecular weight is 333 g/mol. The zero-order chi connectivity index (χ0) is 16.2. The van der Waals surface area contributed by atoms with Crippen LogP contribution in [0, 0.1) is 11.7 Å². The molecule has 2 nitrogen and oxygen atoms in total. The van der Waals surface area contributed by atoms with Gasteiger partial charge in [0.2, 0.25) is 0 Å². The lowest BCUT2D eigenvalue weighted by molar-refractivity contribution is 0.472. The summed E-state index contributed by atoms with van der Waals surface area (Å²) < 4.78 is 13.0. The molecule has 0 spiro atoms. The van der Waals surface area contributed by atoms with Crippen LogP contribution in [0.2, 0.25) is 5.02 Å². The molecule has 1 N–H and O–H groups in total. The van der Waals surface area contributed by atoms with E-state index in [9.17, 15) is 4.39 Å². The third kappa shape index (κ3) is 4.24. The maximum atomic E-state index is 13.0. The molecule has 0 aromatic heterocycles. The maximum absolute atomic E-state index is 13.0. The van der Waals surface area contributed by atoms with Gasteiger partial charge in [0.05, 0.1) is 0 Å². The standard InChI is InChI=1S/C19H22ClFN2/c1-14(16-3-2-4-17(20)11-16)22-12-15-9-10-23(13-15)19-7-5-18(21)6-8-19/h2-8,11,14-15,22H,9-10,12-13H2,1H3. The van der Waals surface area contributed by atoms with E-state index in [1.165, 1.54) is 17.7 Å². The molecule has 1 saturated heterocycles. The van der Waals surface area contributed by atoms with Crippen LogP contribution >= 0.6 is 11.6 Å². The van der Waals surface area contributed by atoms with E-state index < -0.39 is 0 Å². The molecule has 0 aliphatic carbocycles. The Bertz CT molecular complexity index is 644. The van der Waals surface area contributed by atoms with E-state index in [2.05, 4.69) is 23.2 Å². The van der Waals surface area contributed by atoms with E-state index in [-0.39, 0.29) is 11.9 Å². The van der Waals surface area contributed by atoms with Crippen LogP contribution in [0.5, 0.6) is 0 Å². The lowest BCUT2D eigenvalue weighted by Crippen LogP contribution is -2.28. The van der Waals surface area contributed by atoms with E-state index in [0.29, 0.717) is 5.92 Å². The summed E-state index contributed by atoms with van der Waals surface area (Å²) in [5, 5.41) is 4.38. The van der Waals surface area contributed by atoms with Crippen LogP contribution in [0.25, 0.3) is 0 Å². The summed E-state index contributed by atoms with van der Waals surface area (Å²) in [7, 11) is 0. The van der Waals surface area contributed by atoms with Gasteiger partial charge in [0.1, 0.15) is 5.82 Å². The monoisotopic (exact) mass is 332 g/mol. The molecule has 122 valence electrons. The van der Waals surface area contributed by atoms with Gasteiger partial charge in [-0.05, 0) is 61.2 Å². The smallest absolute Gasteiger partial charge is 0.123 e. The van der Waals surface area contributed by atoms with Crippen LogP contribution in [-0.2, 0) is 0 Å². The van der Waals surface area contributed by atoms with E-state index in [1.54, 1.807) is 0 Å². The molecule has 0 saturated carbocycles. The largest absolute Gasteiger partial charge is 0.371 e. The number of nitrogens with one attached hydrogen (secondary N) is 1. The Labute approximate surface area is 142 Å². The fourth-order valence-electron chi connectivity index (χ4n) is 3.12. The normalized spacial score (nSPS) is 19.1. The molecular formula is C19H22ClFN2. The van der Waals surface area contributed by atoms with Gasteiger partial charge in [-0.1, -0.05) is 23.7 Å². The van der Waals surface area contributed by atoms with Crippen molar-refractivity contribution in [1.82, 2.24) is 5.32 Å². The fraction of sp³-hybridized carbons (Fsp3) is 0.368. The number of hydrogen-bond acceptors (Lipinski definition) is 2. The van der Waals surface area contributed by atoms with E-state index in [0.717, 1.165) is 36.8 Å². The summed E-state index contributed by atoms with van der Waals surface area (Å²) in [4.78, 5) is 2.33. The van der Waals surface area contributed by atoms with Crippen LogP contribution in [-0.4, -0.2) is 19.6 Å². The third-order valence-electron chi connectivity index (χ3n) is 4.54. The van der Waals surface area contributed by atoms with Crippen molar-refractivity contribution in [3.8, 4) is 0 Å². The molecule has 4 heteroatoms. The van der Waals surface area contributed by atoms with Crippen molar-refractivity contribution in [2.75, 3.05) is 24.5 Å². The summed E-state index contributed by atoms with van der Waals surface area (Å²) in [5.41, 5.74) is 2.32. The van der Waals surface area contributed by atoms with Crippen molar-refractivity contribution in [3.05, 3.63) is 64.9 Å². The van der Waals surface area contributed by atoms with Crippen LogP contribution in [0.1, 0.15) is 24.9 Å². The zero-order valence-corrected chi connectivity index (χ0v) is 14.1. The molecule has 0 radical (unpaired) electrons. The van der Waals surface area contributed by atoms with Gasteiger partial charge >= 0.3 is 0 Å². The summed E-state index contributed by atoms with van der Waals surface area (Å²) >= 11 is 6.05. The van der Waals surface area contributed by atoms with Gasteiger partial charge in [-0.3, -0.25) is 0 Å². The highest BCUT2D eigenvalue weighted by atomic mass is 35.5. The predicted molar refractivity (Wildman–Crippen MR) is 94.6 cm³/mol. The van der Waals surface area contributed by atoms with Gasteiger partial charge in [-0.2, -0.15) is 0 Å². The molecular weight excluding hydrogens is 311 g/mol. The van der Waals surface area contributed by atoms with E-state index in [1.807, 2.05) is 30.3 Å². The van der Waals surface area contributed by atoms with E-state index in [4.69, 9.17) is 11.6 Å². The minimum absolute atomic E-state index is 0.179. The molecule has 23 heavy (non-hydrogen) atoms. The number of nitrogens with zero attached hydrogens (tertiary/aromatic N) is 1. The fourth-order valence-corrected chi connectivity index (χ4v) is 3.32. The molecule has 2 atom stereocenters. The first-order valence-corrected chi connectivity index (χ1v) is 8.49. The third-order valence-corrected chi connectivity index (χ3v) is 4.77. The number of benzene rings is 2. The van der Waals surface area contributed by atoms with Crippen molar-refractivity contribution in [2.45, 2.75) is 19.4 Å². The van der Waals surface area contributed by atoms with Crippen LogP contribution in [0.15, 0.2) is 48.5 Å². The molecule has 1 fully saturated rings. The number of halogens is 2. The number of hydrogen-bond donors (Lipinski definition) is 1. The van der Waals surface area contributed by atoms with E-state index >= 15 is 0 Å². The second-order valence-corrected chi connectivity index (χ2v) is 6.70. The first-order valence-electron chi connectivity index (χ1n) is 8.11. The first-order chi connectivity index (χ1) is 11.1. The summed E-state index contributed by atoms with van der Waals surface area (Å²) in [6.07, 6.45) is 1.16. The molecule has 0 bridgehead atoms. The van der Waals surface area contributed by atoms with Gasteiger partial charge in [0, 0.05) is 36.4 Å².